The van der Waals surface area contributed by atoms with E-state index in [1.807, 2.05) is 0 Å². The van der Waals surface area contributed by atoms with E-state index in [1.165, 1.54) is 19.3 Å². The van der Waals surface area contributed by atoms with Crippen LogP contribution >= 0.6 is 0 Å². The van der Waals surface area contributed by atoms with Gasteiger partial charge in [0.2, 0.25) is 0 Å². The van der Waals surface area contributed by atoms with E-state index < -0.39 is 11.4 Å². The summed E-state index contributed by atoms with van der Waals surface area (Å²) in [5.74, 6) is -0.721. The van der Waals surface area contributed by atoms with Crippen LogP contribution in [0.3, 0.4) is 0 Å². The minimum atomic E-state index is -0.721. The van der Waals surface area contributed by atoms with Crippen LogP contribution in [0.5, 0.6) is 0 Å². The molecule has 0 aromatic carbocycles. The number of carboxylic acids is 1. The van der Waals surface area contributed by atoms with Crippen LogP contribution in [0, 0.1) is 5.41 Å². The highest BCUT2D eigenvalue weighted by Crippen LogP contribution is 2.25. The number of ether oxygens (including phenoxy) is 1. The summed E-state index contributed by atoms with van der Waals surface area (Å²) in [5.41, 5.74) is -0.608. The number of rotatable bonds is 6. The Morgan fingerprint density at radius 3 is 2.57 bits per heavy atom. The van der Waals surface area contributed by atoms with Crippen molar-refractivity contribution in [2.24, 2.45) is 5.41 Å². The minimum Gasteiger partial charge on any atom is -0.481 e. The van der Waals surface area contributed by atoms with Crippen molar-refractivity contribution in [1.29, 1.82) is 0 Å². The molecule has 0 unspecified atom stereocenters. The van der Waals surface area contributed by atoms with Gasteiger partial charge in [0, 0.05) is 6.61 Å². The molecule has 1 aliphatic rings. The first-order chi connectivity index (χ1) is 6.52. The molecule has 1 saturated carbocycles. The maximum Gasteiger partial charge on any atom is 0.309 e. The Bertz CT molecular complexity index is 195. The summed E-state index contributed by atoms with van der Waals surface area (Å²) < 4.78 is 5.56. The van der Waals surface area contributed by atoms with E-state index in [1.54, 1.807) is 13.8 Å². The number of carbonyl (C=O) groups is 1. The number of hydrogen-bond donors (Lipinski definition) is 1. The summed E-state index contributed by atoms with van der Waals surface area (Å²) in [6.45, 7) is 4.23. The van der Waals surface area contributed by atoms with Gasteiger partial charge in [-0.2, -0.15) is 0 Å². The van der Waals surface area contributed by atoms with Crippen molar-refractivity contribution in [2.45, 2.75) is 52.1 Å². The lowest BCUT2D eigenvalue weighted by molar-refractivity contribution is -0.147. The van der Waals surface area contributed by atoms with Crippen molar-refractivity contribution >= 4 is 5.97 Å². The van der Waals surface area contributed by atoms with E-state index in [-0.39, 0.29) is 0 Å². The summed E-state index contributed by atoms with van der Waals surface area (Å²) in [4.78, 5) is 10.8. The number of carboxylic acid groups (broad SMARTS) is 1. The zero-order valence-electron chi connectivity index (χ0n) is 9.08. The van der Waals surface area contributed by atoms with Crippen LogP contribution in [0.25, 0.3) is 0 Å². The van der Waals surface area contributed by atoms with Gasteiger partial charge < -0.3 is 9.84 Å². The summed E-state index contributed by atoms with van der Waals surface area (Å²) in [7, 11) is 0. The van der Waals surface area contributed by atoms with Crippen molar-refractivity contribution in [1.82, 2.24) is 0 Å². The zero-order valence-corrected chi connectivity index (χ0v) is 9.08. The van der Waals surface area contributed by atoms with Gasteiger partial charge in [-0.25, -0.2) is 0 Å². The molecule has 1 fully saturated rings. The highest BCUT2D eigenvalue weighted by atomic mass is 16.5. The lowest BCUT2D eigenvalue weighted by atomic mass is 9.88. The molecule has 0 bridgehead atoms. The topological polar surface area (TPSA) is 46.5 Å². The summed E-state index contributed by atoms with van der Waals surface area (Å²) >= 11 is 0. The smallest absolute Gasteiger partial charge is 0.309 e. The van der Waals surface area contributed by atoms with E-state index in [4.69, 9.17) is 9.84 Å². The Balaban J connectivity index is 2.04. The maximum absolute atomic E-state index is 10.8. The standard InChI is InChI=1S/C11H20O3/c1-11(2,10(12)13)7-4-8-14-9-5-3-6-9/h9H,3-8H2,1-2H3,(H,12,13). The molecule has 0 aromatic rings. The summed E-state index contributed by atoms with van der Waals surface area (Å²) in [6, 6.07) is 0. The normalized spacial score (nSPS) is 17.9. The molecule has 0 saturated heterocycles. The van der Waals surface area contributed by atoms with Crippen LogP contribution < -0.4 is 0 Å². The molecule has 14 heavy (non-hydrogen) atoms. The van der Waals surface area contributed by atoms with Gasteiger partial charge >= 0.3 is 5.97 Å². The molecule has 3 heteroatoms. The Kier molecular flexibility index (Phi) is 3.93. The number of aliphatic carboxylic acids is 1. The third-order valence-corrected chi connectivity index (χ3v) is 2.93. The van der Waals surface area contributed by atoms with Gasteiger partial charge in [0.25, 0.3) is 0 Å². The molecule has 0 heterocycles. The predicted molar refractivity (Wildman–Crippen MR) is 54.2 cm³/mol. The second kappa shape index (κ2) is 4.78. The van der Waals surface area contributed by atoms with Crippen LogP contribution in [0.15, 0.2) is 0 Å². The molecule has 0 amide bonds. The maximum atomic E-state index is 10.8. The average Bonchev–Trinajstić information content (AvgIpc) is 2.00. The van der Waals surface area contributed by atoms with Gasteiger partial charge in [-0.3, -0.25) is 4.79 Å². The molecular formula is C11H20O3. The molecule has 1 aliphatic carbocycles. The summed E-state index contributed by atoms with van der Waals surface area (Å²) in [5, 5.41) is 8.87. The van der Waals surface area contributed by atoms with E-state index in [9.17, 15) is 4.79 Å². The lowest BCUT2D eigenvalue weighted by Gasteiger charge is -2.26. The van der Waals surface area contributed by atoms with Crippen molar-refractivity contribution in [3.05, 3.63) is 0 Å². The van der Waals surface area contributed by atoms with Gasteiger partial charge in [-0.1, -0.05) is 0 Å². The molecule has 0 radical (unpaired) electrons. The largest absolute Gasteiger partial charge is 0.481 e. The summed E-state index contributed by atoms with van der Waals surface area (Å²) in [6.07, 6.45) is 5.64. The quantitative estimate of drug-likeness (QED) is 0.670. The molecule has 1 rings (SSSR count). The second-order valence-corrected chi connectivity index (χ2v) is 4.72. The monoisotopic (exact) mass is 200 g/mol. The van der Waals surface area contributed by atoms with Gasteiger partial charge in [-0.05, 0) is 46.0 Å². The Morgan fingerprint density at radius 1 is 1.50 bits per heavy atom. The van der Waals surface area contributed by atoms with Crippen LogP contribution in [0.2, 0.25) is 0 Å². The molecule has 0 aliphatic heterocycles. The Labute approximate surface area is 85.5 Å². The third kappa shape index (κ3) is 3.29. The van der Waals surface area contributed by atoms with Gasteiger partial charge in [0.15, 0.2) is 0 Å². The van der Waals surface area contributed by atoms with Crippen LogP contribution in [0.4, 0.5) is 0 Å². The first-order valence-corrected chi connectivity index (χ1v) is 5.37. The van der Waals surface area contributed by atoms with Crippen molar-refractivity contribution in [2.75, 3.05) is 6.61 Å². The predicted octanol–water partition coefficient (Wildman–Crippen LogP) is 2.45. The van der Waals surface area contributed by atoms with E-state index in [0.29, 0.717) is 19.1 Å². The molecule has 0 spiro atoms. The highest BCUT2D eigenvalue weighted by molar-refractivity contribution is 5.73. The van der Waals surface area contributed by atoms with Crippen LogP contribution in [-0.4, -0.2) is 23.8 Å². The average molecular weight is 200 g/mol. The first kappa shape index (κ1) is 11.5. The van der Waals surface area contributed by atoms with Crippen LogP contribution in [0.1, 0.15) is 46.0 Å². The highest BCUT2D eigenvalue weighted by Gasteiger charge is 2.26. The first-order valence-electron chi connectivity index (χ1n) is 5.37. The molecule has 0 atom stereocenters. The Morgan fingerprint density at radius 2 is 2.14 bits per heavy atom. The van der Waals surface area contributed by atoms with Gasteiger partial charge in [0.05, 0.1) is 11.5 Å². The van der Waals surface area contributed by atoms with E-state index >= 15 is 0 Å². The lowest BCUT2D eigenvalue weighted by Crippen LogP contribution is -2.25. The van der Waals surface area contributed by atoms with Gasteiger partial charge in [0.1, 0.15) is 0 Å². The van der Waals surface area contributed by atoms with Gasteiger partial charge in [-0.15, -0.1) is 0 Å². The fourth-order valence-electron chi connectivity index (χ4n) is 1.41. The molecule has 82 valence electrons. The molecule has 0 aromatic heterocycles. The second-order valence-electron chi connectivity index (χ2n) is 4.72. The fraction of sp³-hybridized carbons (Fsp3) is 0.909. The number of hydrogen-bond acceptors (Lipinski definition) is 2. The van der Waals surface area contributed by atoms with Crippen molar-refractivity contribution in [3.63, 3.8) is 0 Å². The minimum absolute atomic E-state index is 0.461. The third-order valence-electron chi connectivity index (χ3n) is 2.93. The van der Waals surface area contributed by atoms with E-state index in [0.717, 1.165) is 6.42 Å². The van der Waals surface area contributed by atoms with Crippen LogP contribution in [-0.2, 0) is 9.53 Å². The molecule has 3 nitrogen and oxygen atoms in total. The zero-order chi connectivity index (χ0) is 10.6. The van der Waals surface area contributed by atoms with E-state index in [2.05, 4.69) is 0 Å². The molecule has 1 N–H and O–H groups in total. The Hall–Kier alpha value is -0.570. The SMILES string of the molecule is CC(C)(CCCOC1CCC1)C(=O)O. The van der Waals surface area contributed by atoms with Crippen molar-refractivity contribution < 1.29 is 14.6 Å². The fourth-order valence-corrected chi connectivity index (χ4v) is 1.41. The van der Waals surface area contributed by atoms with Crippen molar-refractivity contribution in [3.8, 4) is 0 Å². The molecular weight excluding hydrogens is 180 g/mol.